The lowest BCUT2D eigenvalue weighted by Gasteiger charge is -2.14. The van der Waals surface area contributed by atoms with Crippen molar-refractivity contribution < 1.29 is 13.5 Å². The predicted molar refractivity (Wildman–Crippen MR) is 91.7 cm³/mol. The van der Waals surface area contributed by atoms with Gasteiger partial charge in [0.15, 0.2) is 5.75 Å². The summed E-state index contributed by atoms with van der Waals surface area (Å²) in [5.74, 6) is -0.512. The Labute approximate surface area is 142 Å². The Balaban J connectivity index is 0.00000208. The van der Waals surface area contributed by atoms with E-state index in [1.807, 2.05) is 0 Å². The zero-order valence-electron chi connectivity index (χ0n) is 12.5. The molecule has 0 aliphatic carbocycles. The van der Waals surface area contributed by atoms with Crippen molar-refractivity contribution in [3.8, 4) is 17.0 Å². The molecular formula is C17H15ClF2N2O2. The van der Waals surface area contributed by atoms with Crippen LogP contribution in [-0.2, 0) is 0 Å². The second-order valence-corrected chi connectivity index (χ2v) is 4.99. The van der Waals surface area contributed by atoms with Crippen molar-refractivity contribution in [2.24, 2.45) is 5.73 Å². The summed E-state index contributed by atoms with van der Waals surface area (Å²) >= 11 is 0. The first kappa shape index (κ1) is 17.9. The molecule has 0 atom stereocenters. The zero-order chi connectivity index (χ0) is 16.4. The fourth-order valence-electron chi connectivity index (χ4n) is 2.41. The zero-order valence-corrected chi connectivity index (χ0v) is 13.3. The van der Waals surface area contributed by atoms with E-state index in [0.717, 1.165) is 6.07 Å². The van der Waals surface area contributed by atoms with Crippen LogP contribution >= 0.6 is 12.4 Å². The number of halogens is 3. The van der Waals surface area contributed by atoms with E-state index in [4.69, 9.17) is 10.5 Å². The summed E-state index contributed by atoms with van der Waals surface area (Å²) in [6, 6.07) is 9.53. The van der Waals surface area contributed by atoms with Crippen LogP contribution in [0.4, 0.5) is 8.78 Å². The number of nitrogens with one attached hydrogen (secondary N) is 1. The molecule has 0 amide bonds. The molecule has 3 aromatic rings. The molecule has 0 bridgehead atoms. The summed E-state index contributed by atoms with van der Waals surface area (Å²) in [5, 5.41) is 0.658. The standard InChI is InChI=1S/C17H14F2N2O2.ClH/c18-11-3-1-10(2-4-11)15-16(23-8-7-20)13-6-5-12(19)9-14(13)17(22)21-15;/h1-6,9H,7-8,20H2,(H,21,22);1H. The van der Waals surface area contributed by atoms with Crippen LogP contribution in [0.3, 0.4) is 0 Å². The van der Waals surface area contributed by atoms with Crippen molar-refractivity contribution >= 4 is 23.2 Å². The van der Waals surface area contributed by atoms with Gasteiger partial charge in [0, 0.05) is 17.5 Å². The minimum atomic E-state index is -0.512. The van der Waals surface area contributed by atoms with Crippen molar-refractivity contribution in [1.29, 1.82) is 0 Å². The molecule has 7 heteroatoms. The fourth-order valence-corrected chi connectivity index (χ4v) is 2.41. The fraction of sp³-hybridized carbons (Fsp3) is 0.118. The SMILES string of the molecule is Cl.NCCOc1c(-c2ccc(F)cc2)[nH]c(=O)c2cc(F)ccc12. The number of hydrogen-bond acceptors (Lipinski definition) is 3. The molecule has 0 unspecified atom stereocenters. The third kappa shape index (κ3) is 3.39. The van der Waals surface area contributed by atoms with Gasteiger partial charge in [0.25, 0.3) is 5.56 Å². The molecule has 0 radical (unpaired) electrons. The van der Waals surface area contributed by atoms with E-state index < -0.39 is 11.4 Å². The molecule has 3 rings (SSSR count). The topological polar surface area (TPSA) is 68.1 Å². The number of rotatable bonds is 4. The van der Waals surface area contributed by atoms with Crippen LogP contribution < -0.4 is 16.0 Å². The second kappa shape index (κ2) is 7.42. The Bertz CT molecular complexity index is 911. The van der Waals surface area contributed by atoms with Crippen molar-refractivity contribution in [1.82, 2.24) is 4.98 Å². The van der Waals surface area contributed by atoms with Crippen LogP contribution in [0.5, 0.6) is 5.75 Å². The van der Waals surface area contributed by atoms with Crippen LogP contribution in [0.1, 0.15) is 0 Å². The first-order chi connectivity index (χ1) is 11.1. The molecule has 0 saturated carbocycles. The van der Waals surface area contributed by atoms with E-state index >= 15 is 0 Å². The lowest BCUT2D eigenvalue weighted by molar-refractivity contribution is 0.332. The summed E-state index contributed by atoms with van der Waals surface area (Å²) in [7, 11) is 0. The number of H-pyrrole nitrogens is 1. The van der Waals surface area contributed by atoms with Gasteiger partial charge in [0.05, 0.1) is 11.1 Å². The van der Waals surface area contributed by atoms with Crippen molar-refractivity contribution in [3.05, 3.63) is 64.5 Å². The average Bonchev–Trinajstić information content (AvgIpc) is 2.55. The van der Waals surface area contributed by atoms with E-state index in [1.165, 1.54) is 36.4 Å². The highest BCUT2D eigenvalue weighted by atomic mass is 35.5. The molecule has 0 spiro atoms. The van der Waals surface area contributed by atoms with Crippen molar-refractivity contribution in [2.45, 2.75) is 0 Å². The summed E-state index contributed by atoms with van der Waals surface area (Å²) in [6.07, 6.45) is 0. The monoisotopic (exact) mass is 352 g/mol. The first-order valence-corrected chi connectivity index (χ1v) is 7.04. The number of pyridine rings is 1. The van der Waals surface area contributed by atoms with Crippen LogP contribution in [0, 0.1) is 11.6 Å². The van der Waals surface area contributed by atoms with Crippen LogP contribution in [0.15, 0.2) is 47.3 Å². The van der Waals surface area contributed by atoms with E-state index in [9.17, 15) is 13.6 Å². The third-order valence-electron chi connectivity index (χ3n) is 3.43. The minimum Gasteiger partial charge on any atom is -0.489 e. The molecule has 3 N–H and O–H groups in total. The summed E-state index contributed by atoms with van der Waals surface area (Å²) in [5.41, 5.74) is 6.02. The number of nitrogens with two attached hydrogens (primary N) is 1. The molecule has 126 valence electrons. The molecule has 1 heterocycles. The molecule has 2 aromatic carbocycles. The van der Waals surface area contributed by atoms with Gasteiger partial charge in [-0.15, -0.1) is 12.4 Å². The Hall–Kier alpha value is -2.44. The first-order valence-electron chi connectivity index (χ1n) is 7.04. The molecule has 0 aliphatic rings. The van der Waals surface area contributed by atoms with E-state index in [1.54, 1.807) is 0 Å². The van der Waals surface area contributed by atoms with Gasteiger partial charge in [0.2, 0.25) is 0 Å². The largest absolute Gasteiger partial charge is 0.489 e. The Morgan fingerprint density at radius 1 is 1.00 bits per heavy atom. The number of hydrogen-bond donors (Lipinski definition) is 2. The van der Waals surface area contributed by atoms with Gasteiger partial charge in [-0.2, -0.15) is 0 Å². The summed E-state index contributed by atoms with van der Waals surface area (Å²) < 4.78 is 32.2. The highest BCUT2D eigenvalue weighted by Gasteiger charge is 2.15. The van der Waals surface area contributed by atoms with Gasteiger partial charge in [-0.3, -0.25) is 4.79 Å². The maximum atomic E-state index is 13.4. The van der Waals surface area contributed by atoms with Crippen LogP contribution in [0.25, 0.3) is 22.0 Å². The van der Waals surface area contributed by atoms with E-state index in [2.05, 4.69) is 4.98 Å². The Morgan fingerprint density at radius 3 is 2.33 bits per heavy atom. The Kier molecular flexibility index (Phi) is 5.54. The number of ether oxygens (including phenoxy) is 1. The van der Waals surface area contributed by atoms with Gasteiger partial charge in [-0.25, -0.2) is 8.78 Å². The normalized spacial score (nSPS) is 10.5. The lowest BCUT2D eigenvalue weighted by Crippen LogP contribution is -2.15. The van der Waals surface area contributed by atoms with E-state index in [-0.39, 0.29) is 36.8 Å². The van der Waals surface area contributed by atoms with Crippen LogP contribution in [0.2, 0.25) is 0 Å². The number of benzene rings is 2. The smallest absolute Gasteiger partial charge is 0.256 e. The van der Waals surface area contributed by atoms with Crippen LogP contribution in [-0.4, -0.2) is 18.1 Å². The Morgan fingerprint density at radius 2 is 1.67 bits per heavy atom. The van der Waals surface area contributed by atoms with Crippen molar-refractivity contribution in [3.63, 3.8) is 0 Å². The molecular weight excluding hydrogens is 338 g/mol. The summed E-state index contributed by atoms with van der Waals surface area (Å²) in [6.45, 7) is 0.511. The summed E-state index contributed by atoms with van der Waals surface area (Å²) in [4.78, 5) is 14.9. The third-order valence-corrected chi connectivity index (χ3v) is 3.43. The molecule has 0 saturated heterocycles. The van der Waals surface area contributed by atoms with Gasteiger partial charge in [0.1, 0.15) is 18.2 Å². The van der Waals surface area contributed by atoms with Gasteiger partial charge < -0.3 is 15.5 Å². The predicted octanol–water partition coefficient (Wildman–Crippen LogP) is 3.23. The molecule has 0 aliphatic heterocycles. The quantitative estimate of drug-likeness (QED) is 0.757. The van der Waals surface area contributed by atoms with Gasteiger partial charge in [-0.05, 0) is 42.5 Å². The molecule has 1 aromatic heterocycles. The average molecular weight is 353 g/mol. The number of aromatic amines is 1. The number of aromatic nitrogens is 1. The van der Waals surface area contributed by atoms with Gasteiger partial charge >= 0.3 is 0 Å². The highest BCUT2D eigenvalue weighted by molar-refractivity contribution is 5.92. The second-order valence-electron chi connectivity index (χ2n) is 4.99. The van der Waals surface area contributed by atoms with Crippen molar-refractivity contribution in [2.75, 3.05) is 13.2 Å². The highest BCUT2D eigenvalue weighted by Crippen LogP contribution is 2.33. The maximum Gasteiger partial charge on any atom is 0.256 e. The molecule has 24 heavy (non-hydrogen) atoms. The van der Waals surface area contributed by atoms with Gasteiger partial charge in [-0.1, -0.05) is 0 Å². The maximum absolute atomic E-state index is 13.4. The molecule has 4 nitrogen and oxygen atoms in total. The minimum absolute atomic E-state index is 0. The molecule has 0 fully saturated rings. The lowest BCUT2D eigenvalue weighted by atomic mass is 10.1. The van der Waals surface area contributed by atoms with E-state index in [0.29, 0.717) is 22.4 Å². The number of fused-ring (bicyclic) bond motifs is 1.